The Morgan fingerprint density at radius 3 is 2.56 bits per heavy atom. The average molecular weight is 457 g/mol. The third-order valence-electron chi connectivity index (χ3n) is 4.89. The van der Waals surface area contributed by atoms with Gasteiger partial charge in [-0.25, -0.2) is 18.1 Å². The number of nitrogens with one attached hydrogen (secondary N) is 1. The number of carbonyl (C=O) groups is 1. The van der Waals surface area contributed by atoms with E-state index >= 15 is 0 Å². The number of anilines is 1. The third kappa shape index (κ3) is 3.80. The fourth-order valence-electron chi connectivity index (χ4n) is 3.32. The summed E-state index contributed by atoms with van der Waals surface area (Å²) in [5.74, 6) is -1.68. The summed E-state index contributed by atoms with van der Waals surface area (Å²) in [6.07, 6.45) is 0. The molecule has 0 atom stereocenters. The van der Waals surface area contributed by atoms with E-state index in [4.69, 9.17) is 4.74 Å². The Kier molecular flexibility index (Phi) is 5.62. The first-order valence-electron chi connectivity index (χ1n) is 9.43. The molecule has 1 amide bonds. The molecule has 0 spiro atoms. The molecule has 0 bridgehead atoms. The number of benzene rings is 2. The lowest BCUT2D eigenvalue weighted by Gasteiger charge is -2.13. The van der Waals surface area contributed by atoms with Gasteiger partial charge in [-0.2, -0.15) is 0 Å². The molecule has 2 aromatic heterocycles. The number of fused-ring (bicyclic) bond motifs is 1. The van der Waals surface area contributed by atoms with E-state index in [1.807, 2.05) is 0 Å². The molecule has 164 valence electrons. The van der Waals surface area contributed by atoms with Gasteiger partial charge in [0.25, 0.3) is 5.56 Å². The molecule has 0 aliphatic carbocycles. The second-order valence-corrected chi connectivity index (χ2v) is 7.89. The second-order valence-electron chi connectivity index (χ2n) is 6.98. The maximum absolute atomic E-state index is 13.9. The lowest BCUT2D eigenvalue weighted by Crippen LogP contribution is -2.40. The number of thiophene rings is 1. The molecule has 4 rings (SSSR count). The van der Waals surface area contributed by atoms with Crippen LogP contribution in [0.25, 0.3) is 15.9 Å². The lowest BCUT2D eigenvalue weighted by molar-refractivity contribution is -0.116. The number of amides is 1. The number of rotatable bonds is 5. The van der Waals surface area contributed by atoms with Crippen LogP contribution in [0.15, 0.2) is 57.4 Å². The van der Waals surface area contributed by atoms with Gasteiger partial charge in [-0.3, -0.25) is 14.2 Å². The van der Waals surface area contributed by atoms with Crippen molar-refractivity contribution >= 4 is 33.1 Å². The van der Waals surface area contributed by atoms with Gasteiger partial charge < -0.3 is 10.1 Å². The Morgan fingerprint density at radius 2 is 1.88 bits per heavy atom. The number of ether oxygens (including phenoxy) is 1. The van der Waals surface area contributed by atoms with Crippen LogP contribution in [0.4, 0.5) is 14.5 Å². The average Bonchev–Trinajstić information content (AvgIpc) is 3.24. The lowest BCUT2D eigenvalue weighted by atomic mass is 10.2. The first kappa shape index (κ1) is 21.4. The van der Waals surface area contributed by atoms with Gasteiger partial charge in [0.1, 0.15) is 17.1 Å². The highest BCUT2D eigenvalue weighted by molar-refractivity contribution is 7.17. The monoisotopic (exact) mass is 457 g/mol. The first-order valence-corrected chi connectivity index (χ1v) is 10.3. The van der Waals surface area contributed by atoms with Crippen LogP contribution in [0, 0.1) is 18.6 Å². The molecule has 0 aliphatic heterocycles. The van der Waals surface area contributed by atoms with Crippen LogP contribution >= 0.6 is 11.3 Å². The molecular formula is C22H17F2N3O4S. The maximum Gasteiger partial charge on any atom is 0.336 e. The van der Waals surface area contributed by atoms with E-state index in [1.165, 1.54) is 44.4 Å². The van der Waals surface area contributed by atoms with Crippen LogP contribution in [-0.4, -0.2) is 22.2 Å². The zero-order valence-electron chi connectivity index (χ0n) is 17.0. The first-order chi connectivity index (χ1) is 15.3. The SMILES string of the molecule is COc1ccc(NC(=O)Cn2c(=O)n(-c3ccc(F)c(C)c3)c(=O)c3sccc32)cc1F. The zero-order chi connectivity index (χ0) is 23.0. The minimum atomic E-state index is -0.747. The number of nitrogens with zero attached hydrogens (tertiary/aromatic N) is 2. The Bertz CT molecular complexity index is 1470. The summed E-state index contributed by atoms with van der Waals surface area (Å²) in [5.41, 5.74) is -0.351. The Hall–Kier alpha value is -3.79. The van der Waals surface area contributed by atoms with Crippen LogP contribution < -0.4 is 21.3 Å². The van der Waals surface area contributed by atoms with Crippen molar-refractivity contribution in [2.45, 2.75) is 13.5 Å². The molecule has 32 heavy (non-hydrogen) atoms. The fraction of sp³-hybridized carbons (Fsp3) is 0.136. The van der Waals surface area contributed by atoms with Crippen molar-refractivity contribution in [2.75, 3.05) is 12.4 Å². The number of aryl methyl sites for hydroxylation is 1. The van der Waals surface area contributed by atoms with Crippen molar-refractivity contribution in [2.24, 2.45) is 0 Å². The molecule has 0 saturated heterocycles. The number of hydrogen-bond acceptors (Lipinski definition) is 5. The molecule has 0 fully saturated rings. The highest BCUT2D eigenvalue weighted by Crippen LogP contribution is 2.21. The molecule has 0 saturated carbocycles. The third-order valence-corrected chi connectivity index (χ3v) is 5.78. The van der Waals surface area contributed by atoms with Crippen molar-refractivity contribution in [3.63, 3.8) is 0 Å². The Morgan fingerprint density at radius 1 is 1.09 bits per heavy atom. The number of methoxy groups -OCH3 is 1. The molecule has 2 aromatic carbocycles. The standard InChI is InChI=1S/C22H17F2N3O4S/c1-12-9-14(4-5-15(12)23)27-21(29)20-17(7-8-32-20)26(22(27)30)11-19(28)25-13-3-6-18(31-2)16(24)10-13/h3-10H,11H2,1-2H3,(H,25,28). The molecule has 7 nitrogen and oxygen atoms in total. The van der Waals surface area contributed by atoms with Crippen molar-refractivity contribution in [3.8, 4) is 11.4 Å². The van der Waals surface area contributed by atoms with Crippen LogP contribution in [0.5, 0.6) is 5.75 Å². The van der Waals surface area contributed by atoms with E-state index < -0.39 is 35.3 Å². The molecule has 0 aliphatic rings. The molecule has 0 radical (unpaired) electrons. The largest absolute Gasteiger partial charge is 0.494 e. The van der Waals surface area contributed by atoms with Gasteiger partial charge in [0.05, 0.1) is 18.3 Å². The minimum Gasteiger partial charge on any atom is -0.494 e. The normalized spacial score (nSPS) is 11.0. The quantitative estimate of drug-likeness (QED) is 0.498. The summed E-state index contributed by atoms with van der Waals surface area (Å²) >= 11 is 1.13. The van der Waals surface area contributed by atoms with Crippen molar-refractivity contribution in [3.05, 3.63) is 85.9 Å². The highest BCUT2D eigenvalue weighted by atomic mass is 32.1. The Balaban J connectivity index is 1.75. The topological polar surface area (TPSA) is 82.3 Å². The molecule has 0 unspecified atom stereocenters. The van der Waals surface area contributed by atoms with Crippen LogP contribution in [0.3, 0.4) is 0 Å². The molecule has 10 heteroatoms. The molecule has 1 N–H and O–H groups in total. The van der Waals surface area contributed by atoms with Gasteiger partial charge in [-0.05, 0) is 54.3 Å². The summed E-state index contributed by atoms with van der Waals surface area (Å²) < 4.78 is 34.8. The summed E-state index contributed by atoms with van der Waals surface area (Å²) in [6.45, 7) is 1.10. The van der Waals surface area contributed by atoms with Crippen LogP contribution in [-0.2, 0) is 11.3 Å². The van der Waals surface area contributed by atoms with Gasteiger partial charge in [0.15, 0.2) is 11.6 Å². The summed E-state index contributed by atoms with van der Waals surface area (Å²) in [5, 5.41) is 4.17. The highest BCUT2D eigenvalue weighted by Gasteiger charge is 2.18. The van der Waals surface area contributed by atoms with E-state index in [2.05, 4.69) is 5.32 Å². The molecule has 4 aromatic rings. The van der Waals surface area contributed by atoms with Gasteiger partial charge in [-0.15, -0.1) is 11.3 Å². The predicted octanol–water partition coefficient (Wildman–Crippen LogP) is 3.45. The molecular weight excluding hydrogens is 440 g/mol. The van der Waals surface area contributed by atoms with Gasteiger partial charge in [-0.1, -0.05) is 0 Å². The van der Waals surface area contributed by atoms with E-state index in [1.54, 1.807) is 11.4 Å². The van der Waals surface area contributed by atoms with Gasteiger partial charge in [0.2, 0.25) is 5.91 Å². The van der Waals surface area contributed by atoms with E-state index in [0.717, 1.165) is 26.5 Å². The van der Waals surface area contributed by atoms with E-state index in [-0.39, 0.29) is 27.4 Å². The maximum atomic E-state index is 13.9. The Labute approximate surface area is 184 Å². The van der Waals surface area contributed by atoms with Crippen molar-refractivity contribution in [1.29, 1.82) is 0 Å². The van der Waals surface area contributed by atoms with Gasteiger partial charge >= 0.3 is 5.69 Å². The van der Waals surface area contributed by atoms with Crippen molar-refractivity contribution < 1.29 is 18.3 Å². The second kappa shape index (κ2) is 8.39. The summed E-state index contributed by atoms with van der Waals surface area (Å²) in [7, 11) is 1.33. The van der Waals surface area contributed by atoms with E-state index in [9.17, 15) is 23.2 Å². The molecule has 2 heterocycles. The number of aromatic nitrogens is 2. The number of halogens is 2. The van der Waals surface area contributed by atoms with Gasteiger partial charge in [0, 0.05) is 11.8 Å². The fourth-order valence-corrected chi connectivity index (χ4v) is 4.15. The smallest absolute Gasteiger partial charge is 0.336 e. The van der Waals surface area contributed by atoms with E-state index in [0.29, 0.717) is 5.52 Å². The summed E-state index contributed by atoms with van der Waals surface area (Å²) in [4.78, 5) is 38.8. The number of carbonyl (C=O) groups excluding carboxylic acids is 1. The summed E-state index contributed by atoms with van der Waals surface area (Å²) in [6, 6.07) is 9.39. The van der Waals surface area contributed by atoms with Crippen LogP contribution in [0.1, 0.15) is 5.56 Å². The van der Waals surface area contributed by atoms with Crippen LogP contribution in [0.2, 0.25) is 0 Å². The number of hydrogen-bond donors (Lipinski definition) is 1. The zero-order valence-corrected chi connectivity index (χ0v) is 17.8. The predicted molar refractivity (Wildman–Crippen MR) is 118 cm³/mol. The van der Waals surface area contributed by atoms with Crippen molar-refractivity contribution in [1.82, 2.24) is 9.13 Å². The minimum absolute atomic E-state index is 0.0286.